The van der Waals surface area contributed by atoms with Crippen LogP contribution in [-0.4, -0.2) is 38.7 Å². The Morgan fingerprint density at radius 1 is 1.44 bits per heavy atom. The highest BCUT2D eigenvalue weighted by Crippen LogP contribution is 1.99. The lowest BCUT2D eigenvalue weighted by atomic mass is 10.2. The van der Waals surface area contributed by atoms with Gasteiger partial charge in [0.05, 0.1) is 13.5 Å². The van der Waals surface area contributed by atoms with Gasteiger partial charge in [-0.15, -0.1) is 0 Å². The maximum absolute atomic E-state index is 11.2. The Morgan fingerprint density at radius 3 is 2.38 bits per heavy atom. The topological polar surface area (TPSA) is 122 Å². The average molecular weight is 254 g/mol. The standard InChI is InChI=1S/C7H14N2O6S/c1-3-5(4-6(10)11)8-16(13,14)9-7(12)15-2/h5,8H,3-4H2,1-2H3,(H,9,12)(H,10,11). The largest absolute Gasteiger partial charge is 0.481 e. The third-order valence-corrected chi connectivity index (χ3v) is 2.72. The van der Waals surface area contributed by atoms with Crippen LogP contribution in [0.3, 0.4) is 0 Å². The molecule has 94 valence electrons. The minimum absolute atomic E-state index is 0.286. The van der Waals surface area contributed by atoms with Crippen molar-refractivity contribution in [3.63, 3.8) is 0 Å². The van der Waals surface area contributed by atoms with Gasteiger partial charge in [0.2, 0.25) is 0 Å². The SMILES string of the molecule is CCC(CC(=O)O)NS(=O)(=O)NC(=O)OC. The Bertz CT molecular complexity index is 352. The van der Waals surface area contributed by atoms with Gasteiger partial charge in [0.1, 0.15) is 0 Å². The van der Waals surface area contributed by atoms with E-state index >= 15 is 0 Å². The van der Waals surface area contributed by atoms with Gasteiger partial charge in [-0.3, -0.25) is 4.79 Å². The molecule has 0 rings (SSSR count). The second-order valence-electron chi connectivity index (χ2n) is 2.92. The zero-order valence-corrected chi connectivity index (χ0v) is 9.70. The molecular formula is C7H14N2O6S. The highest BCUT2D eigenvalue weighted by atomic mass is 32.2. The van der Waals surface area contributed by atoms with Crippen molar-refractivity contribution in [1.82, 2.24) is 9.44 Å². The summed E-state index contributed by atoms with van der Waals surface area (Å²) in [4.78, 5) is 21.0. The van der Waals surface area contributed by atoms with Crippen LogP contribution in [0.5, 0.6) is 0 Å². The molecule has 0 aromatic rings. The van der Waals surface area contributed by atoms with Crippen LogP contribution < -0.4 is 9.44 Å². The summed E-state index contributed by atoms with van der Waals surface area (Å²) >= 11 is 0. The van der Waals surface area contributed by atoms with Crippen molar-refractivity contribution in [2.75, 3.05) is 7.11 Å². The number of hydrogen-bond donors (Lipinski definition) is 3. The summed E-state index contributed by atoms with van der Waals surface area (Å²) in [7, 11) is -3.07. The number of aliphatic carboxylic acids is 1. The average Bonchev–Trinajstić information content (AvgIpc) is 2.14. The van der Waals surface area contributed by atoms with Crippen LogP contribution >= 0.6 is 0 Å². The normalized spacial score (nSPS) is 12.9. The summed E-state index contributed by atoms with van der Waals surface area (Å²) in [5.41, 5.74) is 0. The first-order chi connectivity index (χ1) is 7.30. The molecule has 0 aliphatic rings. The third-order valence-electron chi connectivity index (χ3n) is 1.64. The van der Waals surface area contributed by atoms with Crippen LogP contribution in [0.25, 0.3) is 0 Å². The number of methoxy groups -OCH3 is 1. The Hall–Kier alpha value is -1.35. The van der Waals surface area contributed by atoms with Crippen molar-refractivity contribution in [2.45, 2.75) is 25.8 Å². The van der Waals surface area contributed by atoms with E-state index in [-0.39, 0.29) is 12.8 Å². The van der Waals surface area contributed by atoms with E-state index < -0.39 is 28.3 Å². The van der Waals surface area contributed by atoms with Gasteiger partial charge >= 0.3 is 22.3 Å². The maximum Gasteiger partial charge on any atom is 0.421 e. The molecule has 9 heteroatoms. The van der Waals surface area contributed by atoms with Crippen molar-refractivity contribution in [3.8, 4) is 0 Å². The first-order valence-electron chi connectivity index (χ1n) is 4.40. The van der Waals surface area contributed by atoms with Crippen LogP contribution in [0.2, 0.25) is 0 Å². The number of carbonyl (C=O) groups excluding carboxylic acids is 1. The summed E-state index contributed by atoms with van der Waals surface area (Å²) in [6.45, 7) is 1.62. The van der Waals surface area contributed by atoms with E-state index in [2.05, 4.69) is 4.74 Å². The molecular weight excluding hydrogens is 240 g/mol. The fourth-order valence-corrected chi connectivity index (χ4v) is 1.93. The Labute approximate surface area is 93.2 Å². The molecule has 1 atom stereocenters. The van der Waals surface area contributed by atoms with Gasteiger partial charge in [0.15, 0.2) is 0 Å². The molecule has 0 aliphatic heterocycles. The van der Waals surface area contributed by atoms with E-state index in [1.54, 1.807) is 11.6 Å². The maximum atomic E-state index is 11.2. The lowest BCUT2D eigenvalue weighted by Gasteiger charge is -2.14. The molecule has 0 heterocycles. The van der Waals surface area contributed by atoms with Gasteiger partial charge in [-0.2, -0.15) is 13.1 Å². The molecule has 0 aliphatic carbocycles. The minimum Gasteiger partial charge on any atom is -0.481 e. The quantitative estimate of drug-likeness (QED) is 0.583. The molecule has 16 heavy (non-hydrogen) atoms. The summed E-state index contributed by atoms with van der Waals surface area (Å²) in [6.07, 6.45) is -1.22. The summed E-state index contributed by atoms with van der Waals surface area (Å²) < 4.78 is 30.1. The predicted octanol–water partition coefficient (Wildman–Crippen LogP) is -0.570. The third kappa shape index (κ3) is 6.19. The van der Waals surface area contributed by atoms with Gasteiger partial charge in [-0.1, -0.05) is 6.92 Å². The molecule has 0 saturated carbocycles. The number of nitrogens with one attached hydrogen (secondary N) is 2. The monoisotopic (exact) mass is 254 g/mol. The lowest BCUT2D eigenvalue weighted by molar-refractivity contribution is -0.137. The molecule has 1 amide bonds. The summed E-state index contributed by atoms with van der Waals surface area (Å²) in [6, 6.07) is -0.778. The number of hydrogen-bond acceptors (Lipinski definition) is 5. The predicted molar refractivity (Wildman–Crippen MR) is 53.9 cm³/mol. The second kappa shape index (κ2) is 6.28. The fraction of sp³-hybridized carbons (Fsp3) is 0.714. The first-order valence-corrected chi connectivity index (χ1v) is 5.88. The van der Waals surface area contributed by atoms with Crippen LogP contribution in [0, 0.1) is 0 Å². The minimum atomic E-state index is -4.09. The van der Waals surface area contributed by atoms with Gasteiger partial charge in [-0.25, -0.2) is 9.52 Å². The molecule has 0 spiro atoms. The van der Waals surface area contributed by atoms with Crippen LogP contribution in [0.15, 0.2) is 0 Å². The molecule has 0 aromatic carbocycles. The van der Waals surface area contributed by atoms with Gasteiger partial charge < -0.3 is 9.84 Å². The summed E-state index contributed by atoms with van der Waals surface area (Å²) in [5, 5.41) is 8.49. The number of carboxylic acids is 1. The van der Waals surface area contributed by atoms with E-state index in [1.807, 2.05) is 4.72 Å². The Balaban J connectivity index is 4.43. The highest BCUT2D eigenvalue weighted by molar-refractivity contribution is 7.88. The second-order valence-corrected chi connectivity index (χ2v) is 4.36. The number of rotatable bonds is 6. The Morgan fingerprint density at radius 2 is 2.00 bits per heavy atom. The van der Waals surface area contributed by atoms with E-state index in [9.17, 15) is 18.0 Å². The number of carboxylic acid groups (broad SMARTS) is 1. The lowest BCUT2D eigenvalue weighted by Crippen LogP contribution is -2.45. The molecule has 1 unspecified atom stereocenters. The molecule has 0 bridgehead atoms. The highest BCUT2D eigenvalue weighted by Gasteiger charge is 2.20. The van der Waals surface area contributed by atoms with Gasteiger partial charge in [-0.05, 0) is 6.42 Å². The van der Waals surface area contributed by atoms with Gasteiger partial charge in [0.25, 0.3) is 0 Å². The van der Waals surface area contributed by atoms with Crippen molar-refractivity contribution in [2.24, 2.45) is 0 Å². The number of ether oxygens (including phenoxy) is 1. The van der Waals surface area contributed by atoms with E-state index in [0.29, 0.717) is 0 Å². The summed E-state index contributed by atoms with van der Waals surface area (Å²) in [5.74, 6) is -1.13. The van der Waals surface area contributed by atoms with Crippen molar-refractivity contribution >= 4 is 22.3 Å². The molecule has 0 radical (unpaired) electrons. The van der Waals surface area contributed by atoms with Crippen LogP contribution in [0.4, 0.5) is 4.79 Å². The van der Waals surface area contributed by atoms with Crippen molar-refractivity contribution in [1.29, 1.82) is 0 Å². The Kier molecular flexibility index (Phi) is 5.75. The molecule has 3 N–H and O–H groups in total. The molecule has 0 aromatic heterocycles. The first kappa shape index (κ1) is 14.6. The zero-order chi connectivity index (χ0) is 12.8. The van der Waals surface area contributed by atoms with Crippen molar-refractivity contribution < 1.29 is 27.9 Å². The molecule has 0 fully saturated rings. The number of amides is 1. The van der Waals surface area contributed by atoms with Crippen LogP contribution in [0.1, 0.15) is 19.8 Å². The van der Waals surface area contributed by atoms with E-state index in [4.69, 9.17) is 5.11 Å². The number of carbonyl (C=O) groups is 2. The van der Waals surface area contributed by atoms with Gasteiger partial charge in [0, 0.05) is 6.04 Å². The van der Waals surface area contributed by atoms with E-state index in [1.165, 1.54) is 0 Å². The smallest absolute Gasteiger partial charge is 0.421 e. The van der Waals surface area contributed by atoms with E-state index in [0.717, 1.165) is 7.11 Å². The molecule has 0 saturated heterocycles. The van der Waals surface area contributed by atoms with Crippen LogP contribution in [-0.2, 0) is 19.7 Å². The molecule has 8 nitrogen and oxygen atoms in total. The van der Waals surface area contributed by atoms with Crippen molar-refractivity contribution in [3.05, 3.63) is 0 Å². The fourth-order valence-electron chi connectivity index (χ4n) is 0.880. The zero-order valence-electron chi connectivity index (χ0n) is 8.89.